The second-order valence-electron chi connectivity index (χ2n) is 5.48. The number of aromatic nitrogens is 3. The van der Waals surface area contributed by atoms with Crippen LogP contribution < -0.4 is 0 Å². The van der Waals surface area contributed by atoms with E-state index in [0.29, 0.717) is 11.9 Å². The van der Waals surface area contributed by atoms with Crippen LogP contribution in [-0.4, -0.2) is 14.5 Å². The molecule has 0 saturated heterocycles. The van der Waals surface area contributed by atoms with Crippen LogP contribution in [0.3, 0.4) is 0 Å². The Balaban J connectivity index is 1.95. The van der Waals surface area contributed by atoms with Crippen LogP contribution >= 0.6 is 11.6 Å². The Morgan fingerprint density at radius 1 is 1.19 bits per heavy atom. The van der Waals surface area contributed by atoms with Crippen molar-refractivity contribution in [2.24, 2.45) is 0 Å². The van der Waals surface area contributed by atoms with E-state index in [-0.39, 0.29) is 0 Å². The van der Waals surface area contributed by atoms with Gasteiger partial charge in [0.05, 0.1) is 11.9 Å². The first-order chi connectivity index (χ1) is 10.4. The predicted molar refractivity (Wildman–Crippen MR) is 84.6 cm³/mol. The number of nitrogens with zero attached hydrogens (tertiary/aromatic N) is 3. The number of alkyl halides is 1. The lowest BCUT2D eigenvalue weighted by atomic mass is 9.87. The van der Waals surface area contributed by atoms with Crippen molar-refractivity contribution in [2.45, 2.75) is 31.2 Å². The van der Waals surface area contributed by atoms with Gasteiger partial charge in [-0.3, -0.25) is 0 Å². The SMILES string of the molecule is ClCc1nc2cccnc2n1C1CCCc2ccccc21. The van der Waals surface area contributed by atoms with Crippen LogP contribution in [0.1, 0.15) is 35.8 Å². The lowest BCUT2D eigenvalue weighted by molar-refractivity contribution is 0.487. The summed E-state index contributed by atoms with van der Waals surface area (Å²) < 4.78 is 2.24. The maximum absolute atomic E-state index is 6.14. The molecule has 0 bridgehead atoms. The van der Waals surface area contributed by atoms with E-state index in [4.69, 9.17) is 11.6 Å². The molecule has 0 spiro atoms. The zero-order valence-corrected chi connectivity index (χ0v) is 12.4. The largest absolute Gasteiger partial charge is 0.304 e. The quantitative estimate of drug-likeness (QED) is 0.667. The number of hydrogen-bond donors (Lipinski definition) is 0. The minimum atomic E-state index is 0.295. The number of pyridine rings is 1. The summed E-state index contributed by atoms with van der Waals surface area (Å²) in [4.78, 5) is 9.19. The fourth-order valence-electron chi connectivity index (χ4n) is 3.39. The van der Waals surface area contributed by atoms with Gasteiger partial charge in [0.25, 0.3) is 0 Å². The van der Waals surface area contributed by atoms with Gasteiger partial charge in [-0.25, -0.2) is 9.97 Å². The summed E-state index contributed by atoms with van der Waals surface area (Å²) >= 11 is 6.14. The zero-order valence-electron chi connectivity index (χ0n) is 11.7. The summed E-state index contributed by atoms with van der Waals surface area (Å²) in [7, 11) is 0. The lowest BCUT2D eigenvalue weighted by Gasteiger charge is -2.28. The molecule has 4 rings (SSSR count). The number of benzene rings is 1. The second kappa shape index (κ2) is 5.15. The highest BCUT2D eigenvalue weighted by atomic mass is 35.5. The standard InChI is InChI=1S/C17H16ClN3/c18-11-16-20-14-8-4-10-19-17(14)21(16)15-9-3-6-12-5-1-2-7-13(12)15/h1-2,4-5,7-8,10,15H,3,6,9,11H2. The van der Waals surface area contributed by atoms with Crippen molar-refractivity contribution in [1.29, 1.82) is 0 Å². The van der Waals surface area contributed by atoms with E-state index in [1.165, 1.54) is 17.5 Å². The summed E-state index contributed by atoms with van der Waals surface area (Å²) in [6, 6.07) is 12.9. The molecule has 106 valence electrons. The summed E-state index contributed by atoms with van der Waals surface area (Å²) in [5.41, 5.74) is 4.69. The Labute approximate surface area is 128 Å². The van der Waals surface area contributed by atoms with E-state index in [1.807, 2.05) is 18.3 Å². The molecule has 3 nitrogen and oxygen atoms in total. The Bertz CT molecular complexity index is 794. The van der Waals surface area contributed by atoms with Gasteiger partial charge < -0.3 is 4.57 Å². The summed E-state index contributed by atoms with van der Waals surface area (Å²) in [5.74, 6) is 1.32. The van der Waals surface area contributed by atoms with Gasteiger partial charge in [0, 0.05) is 6.20 Å². The van der Waals surface area contributed by atoms with Gasteiger partial charge in [-0.15, -0.1) is 11.6 Å². The number of rotatable bonds is 2. The molecule has 21 heavy (non-hydrogen) atoms. The van der Waals surface area contributed by atoms with Gasteiger partial charge in [-0.2, -0.15) is 0 Å². The molecule has 4 heteroatoms. The highest BCUT2D eigenvalue weighted by Crippen LogP contribution is 2.35. The van der Waals surface area contributed by atoms with Crippen LogP contribution in [0.5, 0.6) is 0 Å². The minimum Gasteiger partial charge on any atom is -0.304 e. The molecule has 1 atom stereocenters. The van der Waals surface area contributed by atoms with Crippen molar-refractivity contribution >= 4 is 22.8 Å². The Morgan fingerprint density at radius 2 is 2.10 bits per heavy atom. The molecule has 1 aliphatic rings. The third kappa shape index (κ3) is 2.04. The summed E-state index contributed by atoms with van der Waals surface area (Å²) in [5, 5.41) is 0. The van der Waals surface area contributed by atoms with Crippen LogP contribution in [0.25, 0.3) is 11.2 Å². The first kappa shape index (κ1) is 12.8. The average molecular weight is 298 g/mol. The van der Waals surface area contributed by atoms with E-state index in [0.717, 1.165) is 29.8 Å². The normalized spacial score (nSPS) is 17.9. The van der Waals surface area contributed by atoms with Gasteiger partial charge in [0.1, 0.15) is 11.3 Å². The molecule has 0 aliphatic heterocycles. The van der Waals surface area contributed by atoms with Crippen molar-refractivity contribution in [1.82, 2.24) is 14.5 Å². The van der Waals surface area contributed by atoms with E-state index in [2.05, 4.69) is 38.8 Å². The van der Waals surface area contributed by atoms with Crippen LogP contribution in [-0.2, 0) is 12.3 Å². The van der Waals surface area contributed by atoms with Crippen molar-refractivity contribution in [3.05, 3.63) is 59.5 Å². The predicted octanol–water partition coefficient (Wildman–Crippen LogP) is 4.10. The average Bonchev–Trinajstić information content (AvgIpc) is 2.92. The van der Waals surface area contributed by atoms with E-state index >= 15 is 0 Å². The molecule has 0 N–H and O–H groups in total. The third-order valence-corrected chi connectivity index (χ3v) is 4.53. The molecular formula is C17H16ClN3. The van der Waals surface area contributed by atoms with Crippen LogP contribution in [0.4, 0.5) is 0 Å². The smallest absolute Gasteiger partial charge is 0.160 e. The lowest BCUT2D eigenvalue weighted by Crippen LogP contribution is -2.19. The summed E-state index contributed by atoms with van der Waals surface area (Å²) in [6.45, 7) is 0. The van der Waals surface area contributed by atoms with Gasteiger partial charge in [0.2, 0.25) is 0 Å². The van der Waals surface area contributed by atoms with Crippen molar-refractivity contribution in [3.8, 4) is 0 Å². The fraction of sp³-hybridized carbons (Fsp3) is 0.294. The molecule has 0 saturated carbocycles. The zero-order chi connectivity index (χ0) is 14.2. The number of aryl methyl sites for hydroxylation is 1. The minimum absolute atomic E-state index is 0.295. The van der Waals surface area contributed by atoms with Crippen molar-refractivity contribution in [3.63, 3.8) is 0 Å². The third-order valence-electron chi connectivity index (χ3n) is 4.29. The number of halogens is 1. The van der Waals surface area contributed by atoms with Crippen molar-refractivity contribution < 1.29 is 0 Å². The van der Waals surface area contributed by atoms with Gasteiger partial charge >= 0.3 is 0 Å². The highest BCUT2D eigenvalue weighted by molar-refractivity contribution is 6.16. The Kier molecular flexibility index (Phi) is 3.15. The first-order valence-electron chi connectivity index (χ1n) is 7.34. The van der Waals surface area contributed by atoms with E-state index < -0.39 is 0 Å². The molecule has 1 aliphatic carbocycles. The van der Waals surface area contributed by atoms with Gasteiger partial charge in [-0.1, -0.05) is 24.3 Å². The highest BCUT2D eigenvalue weighted by Gasteiger charge is 2.25. The van der Waals surface area contributed by atoms with E-state index in [9.17, 15) is 0 Å². The Hall–Kier alpha value is -1.87. The maximum atomic E-state index is 6.14. The number of fused-ring (bicyclic) bond motifs is 2. The monoisotopic (exact) mass is 297 g/mol. The van der Waals surface area contributed by atoms with Gasteiger partial charge in [0.15, 0.2) is 5.65 Å². The molecule has 1 unspecified atom stereocenters. The van der Waals surface area contributed by atoms with Gasteiger partial charge in [-0.05, 0) is 42.5 Å². The van der Waals surface area contributed by atoms with Crippen LogP contribution in [0, 0.1) is 0 Å². The van der Waals surface area contributed by atoms with E-state index in [1.54, 1.807) is 0 Å². The number of imidazole rings is 1. The molecule has 3 aromatic rings. The molecule has 0 amide bonds. The van der Waals surface area contributed by atoms with Crippen LogP contribution in [0.15, 0.2) is 42.6 Å². The maximum Gasteiger partial charge on any atom is 0.160 e. The molecule has 2 heterocycles. The molecule has 0 radical (unpaired) electrons. The molecule has 0 fully saturated rings. The molecular weight excluding hydrogens is 282 g/mol. The first-order valence-corrected chi connectivity index (χ1v) is 7.87. The topological polar surface area (TPSA) is 30.7 Å². The molecule has 1 aromatic carbocycles. The summed E-state index contributed by atoms with van der Waals surface area (Å²) in [6.07, 6.45) is 5.29. The molecule has 2 aromatic heterocycles. The second-order valence-corrected chi connectivity index (χ2v) is 5.75. The fourth-order valence-corrected chi connectivity index (χ4v) is 3.58. The number of hydrogen-bond acceptors (Lipinski definition) is 2. The Morgan fingerprint density at radius 3 is 3.00 bits per heavy atom. The van der Waals surface area contributed by atoms with Crippen LogP contribution in [0.2, 0.25) is 0 Å². The van der Waals surface area contributed by atoms with Crippen molar-refractivity contribution in [2.75, 3.05) is 0 Å².